The number of anilines is 1. The number of amides is 1. The average Bonchev–Trinajstić information content (AvgIpc) is 3.68. The van der Waals surface area contributed by atoms with E-state index in [1.807, 2.05) is 15.9 Å². The maximum atomic E-state index is 13.7. The number of halogens is 3. The number of carbonyl (C=O) groups excluding carboxylic acids is 2. The molecule has 1 N–H and O–H groups in total. The van der Waals surface area contributed by atoms with Gasteiger partial charge in [0.25, 0.3) is 0 Å². The highest BCUT2D eigenvalue weighted by Gasteiger charge is 2.29. The van der Waals surface area contributed by atoms with Crippen molar-refractivity contribution in [2.75, 3.05) is 37.6 Å². The predicted octanol–water partition coefficient (Wildman–Crippen LogP) is 5.01. The van der Waals surface area contributed by atoms with Crippen molar-refractivity contribution in [3.05, 3.63) is 63.4 Å². The van der Waals surface area contributed by atoms with Crippen LogP contribution in [0.4, 0.5) is 10.1 Å². The molecule has 2 aliphatic rings. The number of nitrogens with zero attached hydrogens (tertiary/aromatic N) is 3. The van der Waals surface area contributed by atoms with Crippen LogP contribution in [0.25, 0.3) is 0 Å². The summed E-state index contributed by atoms with van der Waals surface area (Å²) in [7, 11) is 0. The molecule has 2 fully saturated rings. The molecule has 1 saturated carbocycles. The molecule has 0 bridgehead atoms. The zero-order chi connectivity index (χ0) is 25.7. The van der Waals surface area contributed by atoms with Gasteiger partial charge in [0, 0.05) is 60.4 Å². The predicted molar refractivity (Wildman–Crippen MR) is 143 cm³/mol. The summed E-state index contributed by atoms with van der Waals surface area (Å²) in [4.78, 5) is 33.9. The van der Waals surface area contributed by atoms with Crippen molar-refractivity contribution in [2.24, 2.45) is 10.9 Å². The van der Waals surface area contributed by atoms with Gasteiger partial charge in [0.2, 0.25) is 5.91 Å². The second-order valence-corrected chi connectivity index (χ2v) is 10.3. The van der Waals surface area contributed by atoms with Gasteiger partial charge in [0.15, 0.2) is 5.78 Å². The molecule has 0 radical (unpaired) electrons. The lowest BCUT2D eigenvalue weighted by Gasteiger charge is -2.38. The van der Waals surface area contributed by atoms with E-state index in [1.54, 1.807) is 24.5 Å². The molecule has 6 nitrogen and oxygen atoms in total. The molecule has 1 amide bonds. The highest BCUT2D eigenvalue weighted by molar-refractivity contribution is 6.35. The number of benzene rings is 2. The molecule has 0 spiro atoms. The van der Waals surface area contributed by atoms with Crippen LogP contribution in [0.3, 0.4) is 0 Å². The van der Waals surface area contributed by atoms with Crippen molar-refractivity contribution in [1.82, 2.24) is 10.2 Å². The maximum Gasteiger partial charge on any atom is 0.245 e. The molecular weight excluding hydrogens is 502 g/mol. The minimum atomic E-state index is -0.529. The number of hydrogen-bond donors (Lipinski definition) is 1. The van der Waals surface area contributed by atoms with Crippen LogP contribution in [0.2, 0.25) is 10.0 Å². The Morgan fingerprint density at radius 2 is 1.89 bits per heavy atom. The fraction of sp³-hybridized carbons (Fsp3) is 0.444. The van der Waals surface area contributed by atoms with Gasteiger partial charge < -0.3 is 15.1 Å². The lowest BCUT2D eigenvalue weighted by Crippen LogP contribution is -2.54. The first-order valence-electron chi connectivity index (χ1n) is 12.3. The van der Waals surface area contributed by atoms with Crippen LogP contribution in [0.1, 0.15) is 42.1 Å². The van der Waals surface area contributed by atoms with Crippen LogP contribution in [0.15, 0.2) is 41.4 Å². The van der Waals surface area contributed by atoms with E-state index in [4.69, 9.17) is 23.2 Å². The molecule has 0 aromatic heterocycles. The number of rotatable bonds is 10. The molecular formula is C27H31Cl2FN4O2. The number of Topliss-reactive ketones (excluding diaryl/α,β-unsaturated/α-hetero) is 1. The van der Waals surface area contributed by atoms with Gasteiger partial charge >= 0.3 is 0 Å². The van der Waals surface area contributed by atoms with Crippen molar-refractivity contribution in [1.29, 1.82) is 0 Å². The van der Waals surface area contributed by atoms with Crippen LogP contribution >= 0.6 is 23.2 Å². The lowest BCUT2D eigenvalue weighted by atomic mass is 10.0. The van der Waals surface area contributed by atoms with Crippen LogP contribution in [-0.4, -0.2) is 61.7 Å². The molecule has 1 atom stereocenters. The van der Waals surface area contributed by atoms with Gasteiger partial charge in [-0.15, -0.1) is 0 Å². The Kier molecular flexibility index (Phi) is 8.86. The van der Waals surface area contributed by atoms with Crippen molar-refractivity contribution < 1.29 is 14.0 Å². The van der Waals surface area contributed by atoms with Gasteiger partial charge in [-0.05, 0) is 55.2 Å². The third kappa shape index (κ3) is 6.98. The van der Waals surface area contributed by atoms with Crippen LogP contribution in [0, 0.1) is 11.7 Å². The Bertz CT molecular complexity index is 1130. The van der Waals surface area contributed by atoms with E-state index in [2.05, 4.69) is 10.3 Å². The normalized spacial score (nSPS) is 16.9. The molecule has 36 heavy (non-hydrogen) atoms. The number of nitrogens with one attached hydrogen (secondary N) is 1. The van der Waals surface area contributed by atoms with Crippen LogP contribution in [0.5, 0.6) is 0 Å². The molecule has 1 aliphatic heterocycles. The molecule has 9 heteroatoms. The van der Waals surface area contributed by atoms with Crippen LogP contribution < -0.4 is 10.2 Å². The molecule has 4 rings (SSSR count). The second kappa shape index (κ2) is 12.1. The molecule has 2 aromatic rings. The third-order valence-electron chi connectivity index (χ3n) is 6.74. The fourth-order valence-corrected chi connectivity index (χ4v) is 4.94. The largest absolute Gasteiger partial charge is 0.367 e. The summed E-state index contributed by atoms with van der Waals surface area (Å²) in [5.41, 5.74) is 1.88. The third-order valence-corrected chi connectivity index (χ3v) is 7.32. The molecule has 1 heterocycles. The van der Waals surface area contributed by atoms with Gasteiger partial charge in [0.05, 0.1) is 6.34 Å². The van der Waals surface area contributed by atoms with E-state index in [0.29, 0.717) is 53.9 Å². The minimum absolute atomic E-state index is 0.0415. The molecule has 1 saturated heterocycles. The van der Waals surface area contributed by atoms with E-state index in [-0.39, 0.29) is 11.7 Å². The van der Waals surface area contributed by atoms with Crippen molar-refractivity contribution in [3.63, 3.8) is 0 Å². The number of piperazine rings is 1. The van der Waals surface area contributed by atoms with Gasteiger partial charge in [-0.25, -0.2) is 4.39 Å². The van der Waals surface area contributed by atoms with E-state index < -0.39 is 11.9 Å². The summed E-state index contributed by atoms with van der Waals surface area (Å²) < 4.78 is 13.7. The minimum Gasteiger partial charge on any atom is -0.367 e. The quantitative estimate of drug-likeness (QED) is 0.265. The summed E-state index contributed by atoms with van der Waals surface area (Å²) >= 11 is 12.4. The average molecular weight is 533 g/mol. The fourth-order valence-electron chi connectivity index (χ4n) is 4.45. The molecule has 192 valence electrons. The Morgan fingerprint density at radius 1 is 1.14 bits per heavy atom. The van der Waals surface area contributed by atoms with Gasteiger partial charge in [-0.1, -0.05) is 42.1 Å². The van der Waals surface area contributed by atoms with Crippen molar-refractivity contribution in [2.45, 2.75) is 38.6 Å². The molecule has 0 unspecified atom stereocenters. The highest BCUT2D eigenvalue weighted by atomic mass is 35.5. The second-order valence-electron chi connectivity index (χ2n) is 9.46. The molecule has 2 aromatic carbocycles. The van der Waals surface area contributed by atoms with Gasteiger partial charge in [-0.2, -0.15) is 0 Å². The number of carbonyl (C=O) groups is 2. The first-order chi connectivity index (χ1) is 17.3. The summed E-state index contributed by atoms with van der Waals surface area (Å²) in [5.74, 6) is 0.132. The van der Waals surface area contributed by atoms with Crippen molar-refractivity contribution in [3.8, 4) is 0 Å². The van der Waals surface area contributed by atoms with Crippen molar-refractivity contribution >= 4 is 46.9 Å². The summed E-state index contributed by atoms with van der Waals surface area (Å²) in [5, 5.41) is 4.26. The highest BCUT2D eigenvalue weighted by Crippen LogP contribution is 2.32. The Labute approximate surface area is 221 Å². The SMILES string of the molecule is CC(=O)c1cc(F)ccc1N1CCN(C(=O)[C@@H](Cc2ccc(Cl)cc2Cl)NC=NCCC2CC2)CC1. The lowest BCUT2D eigenvalue weighted by molar-refractivity contribution is -0.133. The number of ketones is 1. The summed E-state index contributed by atoms with van der Waals surface area (Å²) in [6, 6.07) is 9.02. The van der Waals surface area contributed by atoms with Gasteiger partial charge in [0.1, 0.15) is 11.9 Å². The topological polar surface area (TPSA) is 65.0 Å². The summed E-state index contributed by atoms with van der Waals surface area (Å²) in [6.07, 6.45) is 5.69. The van der Waals surface area contributed by atoms with E-state index >= 15 is 0 Å². The Balaban J connectivity index is 1.42. The standard InChI is InChI=1S/C27H31Cl2FN4O2/c1-18(35)23-16-22(30)6-7-26(23)33-10-12-34(13-11-33)27(36)25(32-17-31-9-8-19-2-3-19)14-20-4-5-21(28)15-24(20)29/h4-7,15-17,19,25H,2-3,8-14H2,1H3,(H,31,32)/t25-/m1/s1. The summed E-state index contributed by atoms with van der Waals surface area (Å²) in [6.45, 7) is 4.23. The Hall–Kier alpha value is -2.64. The Morgan fingerprint density at radius 3 is 2.56 bits per heavy atom. The van der Waals surface area contributed by atoms with E-state index in [9.17, 15) is 14.0 Å². The van der Waals surface area contributed by atoms with E-state index in [1.165, 1.54) is 31.9 Å². The monoisotopic (exact) mass is 532 g/mol. The number of aliphatic imine (C=N–C) groups is 1. The zero-order valence-corrected chi connectivity index (χ0v) is 21.9. The zero-order valence-electron chi connectivity index (χ0n) is 20.4. The number of hydrogen-bond acceptors (Lipinski definition) is 4. The van der Waals surface area contributed by atoms with Crippen LogP contribution in [-0.2, 0) is 11.2 Å². The maximum absolute atomic E-state index is 13.7. The first-order valence-corrected chi connectivity index (χ1v) is 13.1. The van der Waals surface area contributed by atoms with Gasteiger partial charge in [-0.3, -0.25) is 14.6 Å². The first kappa shape index (κ1) is 26.4. The molecule has 1 aliphatic carbocycles. The smallest absolute Gasteiger partial charge is 0.245 e. The van der Waals surface area contributed by atoms with E-state index in [0.717, 1.165) is 24.4 Å².